The monoisotopic (exact) mass is 395 g/mol. The van der Waals surface area contributed by atoms with Gasteiger partial charge < -0.3 is 11.1 Å². The van der Waals surface area contributed by atoms with E-state index in [1.807, 2.05) is 0 Å². The summed E-state index contributed by atoms with van der Waals surface area (Å²) in [7, 11) is -3.48. The van der Waals surface area contributed by atoms with Crippen LogP contribution in [0.15, 0.2) is 18.2 Å². The van der Waals surface area contributed by atoms with Crippen molar-refractivity contribution in [3.05, 3.63) is 24.0 Å². The van der Waals surface area contributed by atoms with E-state index in [1.54, 1.807) is 0 Å². The minimum absolute atomic E-state index is 0.00726. The molecule has 2 atom stereocenters. The lowest BCUT2D eigenvalue weighted by Crippen LogP contribution is -2.48. The smallest absolute Gasteiger partial charge is 0.235 e. The lowest BCUT2D eigenvalue weighted by Gasteiger charge is -2.43. The van der Waals surface area contributed by atoms with E-state index in [-0.39, 0.29) is 35.9 Å². The van der Waals surface area contributed by atoms with Gasteiger partial charge in [0.05, 0.1) is 11.4 Å². The summed E-state index contributed by atoms with van der Waals surface area (Å²) in [5, 5.41) is 2.87. The molecule has 2 unspecified atom stereocenters. The van der Waals surface area contributed by atoms with E-state index >= 15 is 0 Å². The molecule has 3 fully saturated rings. The largest absolute Gasteiger partial charge is 0.327 e. The summed E-state index contributed by atoms with van der Waals surface area (Å²) in [5.41, 5.74) is 6.73. The number of anilines is 2. The molecule has 6 nitrogen and oxygen atoms in total. The highest BCUT2D eigenvalue weighted by molar-refractivity contribution is 7.93. The van der Waals surface area contributed by atoms with E-state index in [4.69, 9.17) is 5.73 Å². The number of nitrogens with zero attached hydrogens (tertiary/aromatic N) is 1. The Morgan fingerprint density at radius 3 is 2.52 bits per heavy atom. The number of carbonyl (C=O) groups excluding carboxylic acids is 1. The van der Waals surface area contributed by atoms with E-state index in [2.05, 4.69) is 5.32 Å². The van der Waals surface area contributed by atoms with Crippen LogP contribution in [0.5, 0.6) is 0 Å². The third kappa shape index (κ3) is 3.57. The lowest BCUT2D eigenvalue weighted by atomic mass is 9.65. The highest BCUT2D eigenvalue weighted by atomic mass is 32.2. The summed E-state index contributed by atoms with van der Waals surface area (Å²) in [6, 6.07) is 4.31. The third-order valence-corrected chi connectivity index (χ3v) is 8.22. The summed E-state index contributed by atoms with van der Waals surface area (Å²) in [6.45, 7) is 0.264. The summed E-state index contributed by atoms with van der Waals surface area (Å²) in [5.74, 6) is 0.0358. The predicted molar refractivity (Wildman–Crippen MR) is 102 cm³/mol. The van der Waals surface area contributed by atoms with Gasteiger partial charge in [-0.25, -0.2) is 12.8 Å². The molecule has 1 aromatic carbocycles. The van der Waals surface area contributed by atoms with Crippen molar-refractivity contribution in [3.8, 4) is 0 Å². The fourth-order valence-corrected chi connectivity index (χ4v) is 6.50. The molecule has 1 aliphatic heterocycles. The summed E-state index contributed by atoms with van der Waals surface area (Å²) in [4.78, 5) is 12.8. The van der Waals surface area contributed by atoms with Crippen LogP contribution in [0.2, 0.25) is 0 Å². The van der Waals surface area contributed by atoms with Crippen LogP contribution >= 0.6 is 0 Å². The zero-order valence-electron chi connectivity index (χ0n) is 15.2. The number of fused-ring (bicyclic) bond motifs is 2. The SMILES string of the molecule is NC1C2CCCC1CC(C(=O)Nc1ccc(F)c(N3CCCS3(=O)=O)c1)C2. The first-order chi connectivity index (χ1) is 12.8. The van der Waals surface area contributed by atoms with Crippen molar-refractivity contribution in [1.82, 2.24) is 0 Å². The fourth-order valence-electron chi connectivity index (χ4n) is 4.94. The second kappa shape index (κ2) is 7.05. The number of sulfonamides is 1. The molecule has 1 amide bonds. The number of hydrogen-bond donors (Lipinski definition) is 2. The Balaban J connectivity index is 1.50. The molecule has 2 saturated carbocycles. The molecule has 0 radical (unpaired) electrons. The summed E-state index contributed by atoms with van der Waals surface area (Å²) < 4.78 is 39.5. The van der Waals surface area contributed by atoms with Gasteiger partial charge in [-0.15, -0.1) is 0 Å². The maximum absolute atomic E-state index is 14.2. The molecule has 1 saturated heterocycles. The van der Waals surface area contributed by atoms with Gasteiger partial charge in [0, 0.05) is 24.2 Å². The Kier molecular flexibility index (Phi) is 4.88. The molecule has 3 N–H and O–H groups in total. The second-order valence-electron chi connectivity index (χ2n) is 8.09. The minimum Gasteiger partial charge on any atom is -0.327 e. The lowest BCUT2D eigenvalue weighted by molar-refractivity contribution is -0.122. The van der Waals surface area contributed by atoms with E-state index in [0.717, 1.165) is 30.0 Å². The number of benzene rings is 1. The van der Waals surface area contributed by atoms with Gasteiger partial charge in [0.1, 0.15) is 5.82 Å². The van der Waals surface area contributed by atoms with E-state index < -0.39 is 15.8 Å². The second-order valence-corrected chi connectivity index (χ2v) is 10.1. The van der Waals surface area contributed by atoms with Crippen molar-refractivity contribution in [2.45, 2.75) is 44.6 Å². The predicted octanol–water partition coefficient (Wildman–Crippen LogP) is 2.46. The van der Waals surface area contributed by atoms with Crippen LogP contribution < -0.4 is 15.4 Å². The number of carbonyl (C=O) groups is 1. The summed E-state index contributed by atoms with van der Waals surface area (Å²) in [6.07, 6.45) is 5.40. The molecule has 148 valence electrons. The van der Waals surface area contributed by atoms with Crippen molar-refractivity contribution in [1.29, 1.82) is 0 Å². The van der Waals surface area contributed by atoms with Gasteiger partial charge in [-0.1, -0.05) is 6.42 Å². The van der Waals surface area contributed by atoms with E-state index in [1.165, 1.54) is 24.6 Å². The van der Waals surface area contributed by atoms with Gasteiger partial charge >= 0.3 is 0 Å². The first-order valence-electron chi connectivity index (χ1n) is 9.71. The molecule has 27 heavy (non-hydrogen) atoms. The van der Waals surface area contributed by atoms with Gasteiger partial charge in [-0.3, -0.25) is 9.10 Å². The molecule has 2 bridgehead atoms. The minimum atomic E-state index is -3.48. The zero-order chi connectivity index (χ0) is 19.2. The Bertz CT molecular complexity index is 831. The van der Waals surface area contributed by atoms with Gasteiger partial charge in [-0.2, -0.15) is 0 Å². The number of amides is 1. The van der Waals surface area contributed by atoms with Crippen molar-refractivity contribution in [2.24, 2.45) is 23.5 Å². The van der Waals surface area contributed by atoms with E-state index in [0.29, 0.717) is 23.9 Å². The maximum Gasteiger partial charge on any atom is 0.235 e. The average molecular weight is 396 g/mol. The molecular weight excluding hydrogens is 369 g/mol. The number of nitrogens with two attached hydrogens (primary N) is 1. The van der Waals surface area contributed by atoms with Gasteiger partial charge in [0.25, 0.3) is 0 Å². The summed E-state index contributed by atoms with van der Waals surface area (Å²) >= 11 is 0. The topological polar surface area (TPSA) is 92.5 Å². The van der Waals surface area contributed by atoms with Crippen LogP contribution in [0.25, 0.3) is 0 Å². The van der Waals surface area contributed by atoms with Crippen LogP contribution in [0.1, 0.15) is 38.5 Å². The molecule has 1 heterocycles. The maximum atomic E-state index is 14.2. The van der Waals surface area contributed by atoms with E-state index in [9.17, 15) is 17.6 Å². The molecule has 8 heteroatoms. The average Bonchev–Trinajstić information content (AvgIpc) is 2.95. The van der Waals surface area contributed by atoms with Crippen LogP contribution in [-0.2, 0) is 14.8 Å². The number of rotatable bonds is 3. The standard InChI is InChI=1S/C19H26FN3O3S/c20-16-6-5-15(11-17(16)23-7-2-8-27(23,25)26)22-19(24)14-9-12-3-1-4-13(10-14)18(12)21/h5-6,11-14,18H,1-4,7-10,21H2,(H,22,24). The Morgan fingerprint density at radius 2 is 1.89 bits per heavy atom. The fraction of sp³-hybridized carbons (Fsp3) is 0.632. The quantitative estimate of drug-likeness (QED) is 0.822. The Morgan fingerprint density at radius 1 is 1.19 bits per heavy atom. The van der Waals surface area contributed by atoms with Crippen molar-refractivity contribution in [3.63, 3.8) is 0 Å². The first-order valence-corrected chi connectivity index (χ1v) is 11.3. The van der Waals surface area contributed by atoms with Crippen molar-refractivity contribution < 1.29 is 17.6 Å². The van der Waals surface area contributed by atoms with Crippen LogP contribution in [-0.4, -0.2) is 32.7 Å². The normalized spacial score (nSPS) is 32.3. The molecule has 4 rings (SSSR count). The van der Waals surface area contributed by atoms with Crippen molar-refractivity contribution >= 4 is 27.3 Å². The first kappa shape index (κ1) is 18.7. The number of nitrogens with one attached hydrogen (secondary N) is 1. The molecular formula is C19H26FN3O3S. The molecule has 0 spiro atoms. The van der Waals surface area contributed by atoms with Gasteiger partial charge in [-0.05, 0) is 62.1 Å². The van der Waals surface area contributed by atoms with Crippen LogP contribution in [0.4, 0.5) is 15.8 Å². The highest BCUT2D eigenvalue weighted by Crippen LogP contribution is 2.42. The Hall–Kier alpha value is -1.67. The van der Waals surface area contributed by atoms with Gasteiger partial charge in [0.2, 0.25) is 15.9 Å². The van der Waals surface area contributed by atoms with Crippen LogP contribution in [0.3, 0.4) is 0 Å². The third-order valence-electron chi connectivity index (χ3n) is 6.37. The number of hydrogen-bond acceptors (Lipinski definition) is 4. The zero-order valence-corrected chi connectivity index (χ0v) is 16.1. The van der Waals surface area contributed by atoms with Gasteiger partial charge in [0.15, 0.2) is 0 Å². The number of halogens is 1. The van der Waals surface area contributed by atoms with Crippen molar-refractivity contribution in [2.75, 3.05) is 21.9 Å². The molecule has 3 aliphatic rings. The Labute approximate surface area is 159 Å². The molecule has 1 aromatic rings. The van der Waals surface area contributed by atoms with Crippen LogP contribution in [0, 0.1) is 23.6 Å². The molecule has 2 aliphatic carbocycles. The highest BCUT2D eigenvalue weighted by Gasteiger charge is 2.40. The molecule has 0 aromatic heterocycles.